The third-order valence-electron chi connectivity index (χ3n) is 4.01. The molecule has 0 amide bonds. The van der Waals surface area contributed by atoms with Crippen LogP contribution in [0.25, 0.3) is 0 Å². The van der Waals surface area contributed by atoms with Gasteiger partial charge in [0.1, 0.15) is 0 Å². The number of aryl methyl sites for hydroxylation is 2. The highest BCUT2D eigenvalue weighted by Crippen LogP contribution is 2.18. The molecule has 0 radical (unpaired) electrons. The van der Waals surface area contributed by atoms with Gasteiger partial charge in [0.25, 0.3) is 0 Å². The second-order valence-electron chi connectivity index (χ2n) is 5.46. The molecule has 0 spiro atoms. The number of aromatic nitrogens is 2. The van der Waals surface area contributed by atoms with E-state index in [2.05, 4.69) is 31.7 Å². The average molecular weight is 303 g/mol. The topological polar surface area (TPSA) is 38.3 Å². The monoisotopic (exact) mass is 303 g/mol. The molecule has 1 unspecified atom stereocenters. The number of hydrogen-bond acceptors (Lipinski definition) is 5. The lowest BCUT2D eigenvalue weighted by Gasteiger charge is -2.35. The summed E-state index contributed by atoms with van der Waals surface area (Å²) in [6, 6.07) is 2.68. The third kappa shape index (κ3) is 3.87. The van der Waals surface area contributed by atoms with Gasteiger partial charge in [0.05, 0.1) is 24.6 Å². The summed E-state index contributed by atoms with van der Waals surface area (Å²) < 4.78 is 5.68. The lowest BCUT2D eigenvalue weighted by molar-refractivity contribution is -0.0143. The Morgan fingerprint density at radius 3 is 3.10 bits per heavy atom. The maximum atomic E-state index is 5.68. The summed E-state index contributed by atoms with van der Waals surface area (Å²) in [6.07, 6.45) is 5.58. The van der Waals surface area contributed by atoms with Crippen LogP contribution in [0.3, 0.4) is 0 Å². The van der Waals surface area contributed by atoms with Gasteiger partial charge in [0.15, 0.2) is 0 Å². The van der Waals surface area contributed by atoms with Gasteiger partial charge in [-0.1, -0.05) is 0 Å². The number of thiophene rings is 1. The van der Waals surface area contributed by atoms with E-state index >= 15 is 0 Å². The van der Waals surface area contributed by atoms with Crippen LogP contribution in [0.1, 0.15) is 23.4 Å². The van der Waals surface area contributed by atoms with E-state index in [0.717, 1.165) is 50.5 Å². The molecule has 1 aliphatic rings. The van der Waals surface area contributed by atoms with Crippen molar-refractivity contribution >= 4 is 11.3 Å². The second-order valence-corrected chi connectivity index (χ2v) is 6.24. The van der Waals surface area contributed by atoms with Crippen LogP contribution in [0.5, 0.6) is 0 Å². The van der Waals surface area contributed by atoms with Crippen LogP contribution in [0, 0.1) is 6.92 Å². The first kappa shape index (κ1) is 14.6. The smallest absolute Gasteiger partial charge is 0.0622 e. The fourth-order valence-corrected chi connectivity index (χ4v) is 3.43. The summed E-state index contributed by atoms with van der Waals surface area (Å²) in [5, 5.41) is 4.38. The van der Waals surface area contributed by atoms with Crippen LogP contribution in [-0.4, -0.2) is 40.7 Å². The Balaban J connectivity index is 1.60. The number of nitrogens with zero attached hydrogens (tertiary/aromatic N) is 3. The van der Waals surface area contributed by atoms with Crippen molar-refractivity contribution in [2.75, 3.05) is 19.8 Å². The van der Waals surface area contributed by atoms with E-state index in [4.69, 9.17) is 4.74 Å². The number of hydrogen-bond donors (Lipinski definition) is 0. The van der Waals surface area contributed by atoms with Gasteiger partial charge in [0.2, 0.25) is 0 Å². The number of morpholine rings is 1. The first-order chi connectivity index (χ1) is 10.3. The molecule has 0 N–H and O–H groups in total. The van der Waals surface area contributed by atoms with Gasteiger partial charge >= 0.3 is 0 Å². The van der Waals surface area contributed by atoms with E-state index in [1.54, 1.807) is 23.7 Å². The molecule has 0 saturated carbocycles. The summed E-state index contributed by atoms with van der Waals surface area (Å²) in [5.74, 6) is 0. The van der Waals surface area contributed by atoms with Crippen LogP contribution < -0.4 is 0 Å². The molecule has 112 valence electrons. The van der Waals surface area contributed by atoms with Gasteiger partial charge in [-0.15, -0.1) is 0 Å². The largest absolute Gasteiger partial charge is 0.378 e. The van der Waals surface area contributed by atoms with Gasteiger partial charge in [-0.2, -0.15) is 11.3 Å². The van der Waals surface area contributed by atoms with E-state index in [1.807, 2.05) is 6.92 Å². The third-order valence-corrected chi connectivity index (χ3v) is 4.74. The van der Waals surface area contributed by atoms with E-state index in [9.17, 15) is 0 Å². The molecular formula is C16H21N3OS. The number of rotatable bonds is 5. The predicted molar refractivity (Wildman–Crippen MR) is 84.4 cm³/mol. The van der Waals surface area contributed by atoms with E-state index < -0.39 is 0 Å². The Morgan fingerprint density at radius 2 is 2.29 bits per heavy atom. The molecule has 1 atom stereocenters. The Kier molecular flexibility index (Phi) is 4.95. The van der Waals surface area contributed by atoms with E-state index in [-0.39, 0.29) is 0 Å². The molecule has 3 heterocycles. The minimum Gasteiger partial charge on any atom is -0.378 e. The fourth-order valence-electron chi connectivity index (χ4n) is 2.77. The fraction of sp³-hybridized carbons (Fsp3) is 0.500. The van der Waals surface area contributed by atoms with E-state index in [0.29, 0.717) is 6.04 Å². The van der Waals surface area contributed by atoms with Crippen molar-refractivity contribution in [3.05, 3.63) is 46.2 Å². The normalized spacial score (nSPS) is 19.8. The van der Waals surface area contributed by atoms with E-state index in [1.165, 1.54) is 5.56 Å². The molecule has 2 aromatic rings. The van der Waals surface area contributed by atoms with Crippen LogP contribution in [0.4, 0.5) is 0 Å². The molecule has 1 fully saturated rings. The van der Waals surface area contributed by atoms with Crippen molar-refractivity contribution in [3.8, 4) is 0 Å². The molecule has 0 aromatic carbocycles. The zero-order valence-electron chi connectivity index (χ0n) is 12.4. The standard InChI is InChI=1S/C16H21N3OS/c1-13-16(18-6-5-17-13)3-2-15-11-20-8-7-19(15)10-14-4-9-21-12-14/h4-6,9,12,15H,2-3,7-8,10-11H2,1H3. The van der Waals surface area contributed by atoms with Crippen LogP contribution in [0.15, 0.2) is 29.2 Å². The Morgan fingerprint density at radius 1 is 1.38 bits per heavy atom. The zero-order chi connectivity index (χ0) is 14.5. The van der Waals surface area contributed by atoms with Crippen LogP contribution in [0.2, 0.25) is 0 Å². The maximum Gasteiger partial charge on any atom is 0.0622 e. The Bertz CT molecular complexity index is 558. The van der Waals surface area contributed by atoms with Crippen LogP contribution in [-0.2, 0) is 17.7 Å². The lowest BCUT2D eigenvalue weighted by atomic mass is 10.1. The van der Waals surface area contributed by atoms with Crippen molar-refractivity contribution < 1.29 is 4.74 Å². The number of ether oxygens (including phenoxy) is 1. The van der Waals surface area contributed by atoms with Gasteiger partial charge in [-0.3, -0.25) is 14.9 Å². The second kappa shape index (κ2) is 7.11. The SMILES string of the molecule is Cc1nccnc1CCC1COCCN1Cc1ccsc1. The Labute approximate surface area is 129 Å². The van der Waals surface area contributed by atoms with Crippen LogP contribution >= 0.6 is 11.3 Å². The van der Waals surface area contributed by atoms with Gasteiger partial charge in [0, 0.05) is 31.5 Å². The molecule has 0 aliphatic carbocycles. The minimum atomic E-state index is 0.472. The molecule has 4 nitrogen and oxygen atoms in total. The first-order valence-corrected chi connectivity index (χ1v) is 8.36. The summed E-state index contributed by atoms with van der Waals surface area (Å²) in [5.41, 5.74) is 3.56. The molecule has 3 rings (SSSR count). The molecule has 21 heavy (non-hydrogen) atoms. The van der Waals surface area contributed by atoms with Crippen molar-refractivity contribution in [2.45, 2.75) is 32.4 Å². The summed E-state index contributed by atoms with van der Waals surface area (Å²) in [4.78, 5) is 11.3. The van der Waals surface area contributed by atoms with Gasteiger partial charge in [-0.05, 0) is 42.2 Å². The average Bonchev–Trinajstić information content (AvgIpc) is 3.01. The predicted octanol–water partition coefficient (Wildman–Crippen LogP) is 2.68. The van der Waals surface area contributed by atoms with Gasteiger partial charge < -0.3 is 4.74 Å². The van der Waals surface area contributed by atoms with Crippen molar-refractivity contribution in [3.63, 3.8) is 0 Å². The summed E-state index contributed by atoms with van der Waals surface area (Å²) in [7, 11) is 0. The lowest BCUT2D eigenvalue weighted by Crippen LogP contribution is -2.45. The first-order valence-electron chi connectivity index (χ1n) is 7.42. The highest BCUT2D eigenvalue weighted by molar-refractivity contribution is 7.07. The maximum absolute atomic E-state index is 5.68. The molecule has 1 saturated heterocycles. The molecule has 5 heteroatoms. The quantitative estimate of drug-likeness (QED) is 0.851. The summed E-state index contributed by atoms with van der Waals surface area (Å²) in [6.45, 7) is 5.73. The van der Waals surface area contributed by atoms with Crippen molar-refractivity contribution in [1.29, 1.82) is 0 Å². The zero-order valence-corrected chi connectivity index (χ0v) is 13.2. The molecule has 1 aliphatic heterocycles. The highest BCUT2D eigenvalue weighted by atomic mass is 32.1. The molecule has 2 aromatic heterocycles. The van der Waals surface area contributed by atoms with Crippen molar-refractivity contribution in [1.82, 2.24) is 14.9 Å². The summed E-state index contributed by atoms with van der Waals surface area (Å²) >= 11 is 1.77. The van der Waals surface area contributed by atoms with Crippen molar-refractivity contribution in [2.24, 2.45) is 0 Å². The molecular weight excluding hydrogens is 282 g/mol. The Hall–Kier alpha value is -1.30. The highest BCUT2D eigenvalue weighted by Gasteiger charge is 2.23. The molecule has 0 bridgehead atoms. The minimum absolute atomic E-state index is 0.472. The van der Waals surface area contributed by atoms with Gasteiger partial charge in [-0.25, -0.2) is 0 Å².